The number of rotatable bonds is 8. The Hall–Kier alpha value is -1.99. The number of alkyl halides is 1. The van der Waals surface area contributed by atoms with E-state index in [1.165, 1.54) is 0 Å². The number of aromatic nitrogens is 3. The standard InChI is InChI=1S/C19H32FN5O2/c1-4-21-16(26)10-8-12-22-18(27)19(20)11-7-5-6-9-15-17(19)23-24-25(15)13-14(2)3/h14H,4-13H2,1-3H3,(H,21,26)(H,22,27). The Kier molecular flexibility index (Phi) is 7.74. The largest absolute Gasteiger partial charge is 0.356 e. The van der Waals surface area contributed by atoms with E-state index in [0.717, 1.165) is 18.5 Å². The maximum absolute atomic E-state index is 15.8. The van der Waals surface area contributed by atoms with Crippen LogP contribution in [0.25, 0.3) is 0 Å². The fourth-order valence-electron chi connectivity index (χ4n) is 3.43. The summed E-state index contributed by atoms with van der Waals surface area (Å²) in [6.07, 6.45) is 4.04. The van der Waals surface area contributed by atoms with Gasteiger partial charge in [0.05, 0.1) is 5.69 Å². The molecule has 0 saturated heterocycles. The summed E-state index contributed by atoms with van der Waals surface area (Å²) in [6, 6.07) is 0. The summed E-state index contributed by atoms with van der Waals surface area (Å²) in [5.41, 5.74) is -1.25. The lowest BCUT2D eigenvalue weighted by Crippen LogP contribution is -2.43. The van der Waals surface area contributed by atoms with Crippen molar-refractivity contribution in [3.63, 3.8) is 0 Å². The summed E-state index contributed by atoms with van der Waals surface area (Å²) in [5, 5.41) is 13.6. The molecular weight excluding hydrogens is 349 g/mol. The first-order valence-electron chi connectivity index (χ1n) is 10.0. The molecule has 0 radical (unpaired) electrons. The molecule has 1 unspecified atom stereocenters. The molecule has 1 aromatic heterocycles. The Morgan fingerprint density at radius 1 is 1.26 bits per heavy atom. The van der Waals surface area contributed by atoms with E-state index in [0.29, 0.717) is 44.7 Å². The zero-order chi connectivity index (χ0) is 19.9. The fraction of sp³-hybridized carbons (Fsp3) is 0.789. The average Bonchev–Trinajstić information content (AvgIpc) is 2.98. The van der Waals surface area contributed by atoms with E-state index in [4.69, 9.17) is 0 Å². The van der Waals surface area contributed by atoms with Gasteiger partial charge in [0.2, 0.25) is 11.6 Å². The van der Waals surface area contributed by atoms with Gasteiger partial charge >= 0.3 is 0 Å². The Labute approximate surface area is 160 Å². The van der Waals surface area contributed by atoms with Crippen LogP contribution in [0.15, 0.2) is 0 Å². The molecule has 1 aromatic rings. The molecule has 1 heterocycles. The predicted octanol–water partition coefficient (Wildman–Crippen LogP) is 2.25. The highest BCUT2D eigenvalue weighted by molar-refractivity contribution is 5.86. The smallest absolute Gasteiger partial charge is 0.264 e. The third kappa shape index (κ3) is 5.49. The monoisotopic (exact) mass is 381 g/mol. The third-order valence-corrected chi connectivity index (χ3v) is 4.79. The van der Waals surface area contributed by atoms with Crippen molar-refractivity contribution in [1.82, 2.24) is 25.6 Å². The highest BCUT2D eigenvalue weighted by Crippen LogP contribution is 2.36. The van der Waals surface area contributed by atoms with Crippen LogP contribution in [0.4, 0.5) is 4.39 Å². The molecule has 152 valence electrons. The van der Waals surface area contributed by atoms with Gasteiger partial charge < -0.3 is 10.6 Å². The minimum Gasteiger partial charge on any atom is -0.356 e. The van der Waals surface area contributed by atoms with Gasteiger partial charge in [0.1, 0.15) is 5.69 Å². The average molecular weight is 381 g/mol. The summed E-state index contributed by atoms with van der Waals surface area (Å²) in [4.78, 5) is 24.2. The molecule has 0 fully saturated rings. The topological polar surface area (TPSA) is 88.9 Å². The van der Waals surface area contributed by atoms with Crippen LogP contribution in [0, 0.1) is 5.92 Å². The molecule has 0 spiro atoms. The van der Waals surface area contributed by atoms with Gasteiger partial charge in [-0.1, -0.05) is 25.5 Å². The third-order valence-electron chi connectivity index (χ3n) is 4.79. The van der Waals surface area contributed by atoms with E-state index < -0.39 is 11.6 Å². The Morgan fingerprint density at radius 2 is 2.04 bits per heavy atom. The van der Waals surface area contributed by atoms with Gasteiger partial charge in [-0.3, -0.25) is 9.59 Å². The maximum atomic E-state index is 15.8. The van der Waals surface area contributed by atoms with Crippen LogP contribution in [0.2, 0.25) is 0 Å². The van der Waals surface area contributed by atoms with Crippen molar-refractivity contribution in [2.75, 3.05) is 13.1 Å². The fourth-order valence-corrected chi connectivity index (χ4v) is 3.43. The molecule has 0 bridgehead atoms. The SMILES string of the molecule is CCNC(=O)CCCNC(=O)C1(F)CCCCCc2c1nnn2CC(C)C. The Bertz CT molecular complexity index is 646. The molecule has 1 aliphatic carbocycles. The zero-order valence-electron chi connectivity index (χ0n) is 16.7. The van der Waals surface area contributed by atoms with Crippen LogP contribution in [0.3, 0.4) is 0 Å². The number of nitrogens with one attached hydrogen (secondary N) is 2. The molecule has 0 aromatic carbocycles. The van der Waals surface area contributed by atoms with Gasteiger partial charge in [-0.25, -0.2) is 9.07 Å². The number of amides is 2. The molecular formula is C19H32FN5O2. The van der Waals surface area contributed by atoms with E-state index in [-0.39, 0.29) is 24.6 Å². The molecule has 2 rings (SSSR count). The number of hydrogen-bond donors (Lipinski definition) is 2. The van der Waals surface area contributed by atoms with E-state index in [2.05, 4.69) is 34.8 Å². The van der Waals surface area contributed by atoms with Gasteiger partial charge in [-0.15, -0.1) is 5.10 Å². The van der Waals surface area contributed by atoms with Crippen molar-refractivity contribution in [3.05, 3.63) is 11.4 Å². The van der Waals surface area contributed by atoms with Gasteiger partial charge in [0, 0.05) is 26.1 Å². The van der Waals surface area contributed by atoms with Gasteiger partial charge in [-0.2, -0.15) is 0 Å². The number of fused-ring (bicyclic) bond motifs is 1. The van der Waals surface area contributed by atoms with Crippen LogP contribution >= 0.6 is 0 Å². The van der Waals surface area contributed by atoms with Crippen molar-refractivity contribution in [1.29, 1.82) is 0 Å². The van der Waals surface area contributed by atoms with E-state index >= 15 is 4.39 Å². The molecule has 8 heteroatoms. The minimum atomic E-state index is -2.16. The molecule has 27 heavy (non-hydrogen) atoms. The number of nitrogens with zero attached hydrogens (tertiary/aromatic N) is 3. The van der Waals surface area contributed by atoms with Gasteiger partial charge in [0.25, 0.3) is 5.91 Å². The van der Waals surface area contributed by atoms with Crippen molar-refractivity contribution in [2.24, 2.45) is 5.92 Å². The zero-order valence-corrected chi connectivity index (χ0v) is 16.7. The highest BCUT2D eigenvalue weighted by Gasteiger charge is 2.45. The van der Waals surface area contributed by atoms with Crippen molar-refractivity contribution >= 4 is 11.8 Å². The second-order valence-electron chi connectivity index (χ2n) is 7.64. The number of halogens is 1. The number of carbonyl (C=O) groups excluding carboxylic acids is 2. The van der Waals surface area contributed by atoms with E-state index in [1.54, 1.807) is 4.68 Å². The lowest BCUT2D eigenvalue weighted by molar-refractivity contribution is -0.134. The summed E-state index contributed by atoms with van der Waals surface area (Å²) in [7, 11) is 0. The summed E-state index contributed by atoms with van der Waals surface area (Å²) in [5.74, 6) is -0.372. The van der Waals surface area contributed by atoms with Crippen molar-refractivity contribution in [3.8, 4) is 0 Å². The summed E-state index contributed by atoms with van der Waals surface area (Å²) in [6.45, 7) is 7.49. The van der Waals surface area contributed by atoms with E-state index in [9.17, 15) is 9.59 Å². The molecule has 2 amide bonds. The van der Waals surface area contributed by atoms with Crippen LogP contribution < -0.4 is 10.6 Å². The number of carbonyl (C=O) groups is 2. The number of hydrogen-bond acceptors (Lipinski definition) is 4. The van der Waals surface area contributed by atoms with Crippen LogP contribution in [-0.4, -0.2) is 39.9 Å². The molecule has 7 nitrogen and oxygen atoms in total. The predicted molar refractivity (Wildman–Crippen MR) is 101 cm³/mol. The van der Waals surface area contributed by atoms with Crippen LogP contribution in [0.5, 0.6) is 0 Å². The Balaban J connectivity index is 2.09. The van der Waals surface area contributed by atoms with Crippen LogP contribution in [-0.2, 0) is 28.2 Å². The molecule has 0 saturated carbocycles. The van der Waals surface area contributed by atoms with Crippen molar-refractivity contribution < 1.29 is 14.0 Å². The first-order chi connectivity index (χ1) is 12.9. The molecule has 1 atom stereocenters. The van der Waals surface area contributed by atoms with Gasteiger partial charge in [0.15, 0.2) is 0 Å². The lowest BCUT2D eigenvalue weighted by atomic mass is 9.88. The van der Waals surface area contributed by atoms with Crippen LogP contribution in [0.1, 0.15) is 70.7 Å². The Morgan fingerprint density at radius 3 is 2.74 bits per heavy atom. The lowest BCUT2D eigenvalue weighted by Gasteiger charge is -2.25. The highest BCUT2D eigenvalue weighted by atomic mass is 19.1. The summed E-state index contributed by atoms with van der Waals surface area (Å²) < 4.78 is 17.6. The molecule has 1 aliphatic rings. The second kappa shape index (κ2) is 9.80. The minimum absolute atomic E-state index is 0.0634. The normalized spacial score (nSPS) is 19.9. The molecule has 2 N–H and O–H groups in total. The second-order valence-corrected chi connectivity index (χ2v) is 7.64. The first kappa shape index (κ1) is 21.3. The van der Waals surface area contributed by atoms with E-state index in [1.807, 2.05) is 6.92 Å². The van der Waals surface area contributed by atoms with Gasteiger partial charge in [-0.05, 0) is 44.9 Å². The quantitative estimate of drug-likeness (QED) is 0.676. The van der Waals surface area contributed by atoms with Crippen molar-refractivity contribution in [2.45, 2.75) is 77.9 Å². The maximum Gasteiger partial charge on any atom is 0.264 e. The first-order valence-corrected chi connectivity index (χ1v) is 10.0. The summed E-state index contributed by atoms with van der Waals surface area (Å²) >= 11 is 0. The molecule has 0 aliphatic heterocycles.